The smallest absolute Gasteiger partial charge is 0.253 e. The Morgan fingerprint density at radius 2 is 2.04 bits per heavy atom. The number of carbonyl (C=O) groups excluding carboxylic acids is 1. The number of ketones is 1. The molecule has 0 N–H and O–H groups in total. The lowest BCUT2D eigenvalue weighted by molar-refractivity contribution is 0.0951. The van der Waals surface area contributed by atoms with Gasteiger partial charge in [-0.05, 0) is 30.0 Å². The zero-order valence-electron chi connectivity index (χ0n) is 13.1. The third-order valence-corrected chi connectivity index (χ3v) is 5.49. The van der Waals surface area contributed by atoms with Crippen LogP contribution in [0.4, 0.5) is 0 Å². The zero-order chi connectivity index (χ0) is 16.7. The average Bonchev–Trinajstić information content (AvgIpc) is 2.94. The van der Waals surface area contributed by atoms with Gasteiger partial charge in [0.15, 0.2) is 5.78 Å². The molecule has 0 spiro atoms. The first kappa shape index (κ1) is 15.8. The summed E-state index contributed by atoms with van der Waals surface area (Å²) >= 11 is 5.00. The molecular formula is C17H15BrN4OS. The normalized spacial score (nSPS) is 17.2. The second-order valence-electron chi connectivity index (χ2n) is 6.09. The Kier molecular flexibility index (Phi) is 4.14. The van der Waals surface area contributed by atoms with E-state index < -0.39 is 0 Å². The maximum atomic E-state index is 12.2. The summed E-state index contributed by atoms with van der Waals surface area (Å²) in [5.74, 6) is 1.85. The van der Waals surface area contributed by atoms with E-state index in [1.807, 2.05) is 12.1 Å². The molecule has 0 radical (unpaired) electrons. The molecule has 122 valence electrons. The molecule has 1 atom stereocenters. The molecule has 0 saturated heterocycles. The summed E-state index contributed by atoms with van der Waals surface area (Å²) in [6.07, 6.45) is 3.19. The Labute approximate surface area is 152 Å². The SMILES string of the molecule is C[C@@H]1CC(=O)c2cn3nc(SCc4ccc(Br)cc4)nc3nc2C1. The van der Waals surface area contributed by atoms with Crippen molar-refractivity contribution >= 4 is 39.3 Å². The van der Waals surface area contributed by atoms with Gasteiger partial charge in [0.05, 0.1) is 11.3 Å². The van der Waals surface area contributed by atoms with Gasteiger partial charge in [-0.3, -0.25) is 4.79 Å². The number of rotatable bonds is 3. The third kappa shape index (κ3) is 3.10. The number of Topliss-reactive ketones (excluding diaryl/α,β-unsaturated/α-hetero) is 1. The van der Waals surface area contributed by atoms with Gasteiger partial charge in [0.1, 0.15) is 0 Å². The minimum absolute atomic E-state index is 0.151. The van der Waals surface area contributed by atoms with Crippen LogP contribution in [0.1, 0.15) is 35.0 Å². The van der Waals surface area contributed by atoms with Gasteiger partial charge in [-0.2, -0.15) is 4.98 Å². The summed E-state index contributed by atoms with van der Waals surface area (Å²) in [4.78, 5) is 21.2. The highest BCUT2D eigenvalue weighted by Crippen LogP contribution is 2.25. The van der Waals surface area contributed by atoms with Gasteiger partial charge in [-0.1, -0.05) is 46.7 Å². The number of benzene rings is 1. The Balaban J connectivity index is 1.59. The molecule has 0 unspecified atom stereocenters. The molecule has 0 bridgehead atoms. The molecule has 0 saturated carbocycles. The lowest BCUT2D eigenvalue weighted by atomic mass is 9.88. The molecule has 7 heteroatoms. The lowest BCUT2D eigenvalue weighted by Gasteiger charge is -2.18. The Morgan fingerprint density at radius 1 is 1.25 bits per heavy atom. The highest BCUT2D eigenvalue weighted by atomic mass is 79.9. The minimum atomic E-state index is 0.151. The third-order valence-electron chi connectivity index (χ3n) is 4.05. The largest absolute Gasteiger partial charge is 0.294 e. The first-order valence-electron chi connectivity index (χ1n) is 7.75. The highest BCUT2D eigenvalue weighted by Gasteiger charge is 2.25. The Hall–Kier alpha value is -1.73. The predicted molar refractivity (Wildman–Crippen MR) is 96.3 cm³/mol. The predicted octanol–water partition coefficient (Wildman–Crippen LogP) is 3.94. The number of hydrogen-bond acceptors (Lipinski definition) is 5. The van der Waals surface area contributed by atoms with Gasteiger partial charge >= 0.3 is 0 Å². The Bertz CT molecular complexity index is 922. The molecule has 2 aromatic heterocycles. The number of halogens is 1. The quantitative estimate of drug-likeness (QED) is 0.620. The molecule has 5 nitrogen and oxygen atoms in total. The van der Waals surface area contributed by atoms with Crippen molar-refractivity contribution < 1.29 is 4.79 Å². The average molecular weight is 403 g/mol. The molecule has 0 fully saturated rings. The number of nitrogens with zero attached hydrogens (tertiary/aromatic N) is 4. The van der Waals surface area contributed by atoms with Crippen molar-refractivity contribution in [3.05, 3.63) is 51.8 Å². The van der Waals surface area contributed by atoms with E-state index in [-0.39, 0.29) is 5.78 Å². The number of thioether (sulfide) groups is 1. The highest BCUT2D eigenvalue weighted by molar-refractivity contribution is 9.10. The number of carbonyl (C=O) groups is 1. The fourth-order valence-electron chi connectivity index (χ4n) is 2.84. The fraction of sp³-hybridized carbons (Fsp3) is 0.294. The second kappa shape index (κ2) is 6.29. The van der Waals surface area contributed by atoms with E-state index in [4.69, 9.17) is 0 Å². The van der Waals surface area contributed by atoms with Crippen LogP contribution in [-0.2, 0) is 12.2 Å². The van der Waals surface area contributed by atoms with Crippen LogP contribution in [0.25, 0.3) is 5.78 Å². The minimum Gasteiger partial charge on any atom is -0.294 e. The van der Waals surface area contributed by atoms with E-state index in [0.29, 0.717) is 28.8 Å². The maximum absolute atomic E-state index is 12.2. The second-order valence-corrected chi connectivity index (χ2v) is 7.95. The summed E-state index contributed by atoms with van der Waals surface area (Å²) in [6, 6.07) is 8.19. The summed E-state index contributed by atoms with van der Waals surface area (Å²) < 4.78 is 2.69. The summed E-state index contributed by atoms with van der Waals surface area (Å²) in [6.45, 7) is 2.08. The summed E-state index contributed by atoms with van der Waals surface area (Å²) in [5, 5.41) is 5.13. The van der Waals surface area contributed by atoms with Crippen LogP contribution in [0.5, 0.6) is 0 Å². The van der Waals surface area contributed by atoms with Crippen LogP contribution < -0.4 is 0 Å². The molecule has 1 aliphatic carbocycles. The first-order valence-corrected chi connectivity index (χ1v) is 9.53. The van der Waals surface area contributed by atoms with Crippen molar-refractivity contribution in [2.75, 3.05) is 0 Å². The van der Waals surface area contributed by atoms with Crippen molar-refractivity contribution in [1.29, 1.82) is 0 Å². The van der Waals surface area contributed by atoms with E-state index in [2.05, 4.69) is 50.1 Å². The van der Waals surface area contributed by atoms with Crippen LogP contribution in [0.3, 0.4) is 0 Å². The molecule has 4 rings (SSSR count). The van der Waals surface area contributed by atoms with Crippen LogP contribution in [-0.4, -0.2) is 25.4 Å². The van der Waals surface area contributed by atoms with Crippen LogP contribution in [0.2, 0.25) is 0 Å². The molecule has 1 aliphatic rings. The molecule has 0 aliphatic heterocycles. The lowest BCUT2D eigenvalue weighted by Crippen LogP contribution is -2.20. The maximum Gasteiger partial charge on any atom is 0.253 e. The van der Waals surface area contributed by atoms with E-state index in [1.54, 1.807) is 22.5 Å². The van der Waals surface area contributed by atoms with Crippen LogP contribution >= 0.6 is 27.7 Å². The van der Waals surface area contributed by atoms with Gasteiger partial charge in [0.2, 0.25) is 5.16 Å². The van der Waals surface area contributed by atoms with Crippen molar-refractivity contribution in [1.82, 2.24) is 19.6 Å². The molecule has 0 amide bonds. The van der Waals surface area contributed by atoms with Crippen molar-refractivity contribution in [3.8, 4) is 0 Å². The molecule has 24 heavy (non-hydrogen) atoms. The first-order chi connectivity index (χ1) is 11.6. The van der Waals surface area contributed by atoms with Gasteiger partial charge in [-0.25, -0.2) is 9.50 Å². The zero-order valence-corrected chi connectivity index (χ0v) is 15.5. The van der Waals surface area contributed by atoms with Crippen LogP contribution in [0, 0.1) is 5.92 Å². The van der Waals surface area contributed by atoms with Gasteiger partial charge in [0, 0.05) is 22.8 Å². The number of hydrogen-bond donors (Lipinski definition) is 0. The van der Waals surface area contributed by atoms with Crippen molar-refractivity contribution in [2.45, 2.75) is 30.7 Å². The number of fused-ring (bicyclic) bond motifs is 2. The van der Waals surface area contributed by atoms with E-state index in [9.17, 15) is 4.79 Å². The summed E-state index contributed by atoms with van der Waals surface area (Å²) in [5.41, 5.74) is 2.75. The molecule has 1 aromatic carbocycles. The van der Waals surface area contributed by atoms with E-state index in [1.165, 1.54) is 5.56 Å². The standard InChI is InChI=1S/C17H15BrN4OS/c1-10-6-14-13(15(23)7-10)8-22-16(19-14)20-17(21-22)24-9-11-2-4-12(18)5-3-11/h2-5,8,10H,6-7,9H2,1H3/t10-/m0/s1. The van der Waals surface area contributed by atoms with Crippen molar-refractivity contribution in [2.24, 2.45) is 5.92 Å². The molecule has 2 heterocycles. The molecule has 3 aromatic rings. The van der Waals surface area contributed by atoms with Gasteiger partial charge in [0.25, 0.3) is 5.78 Å². The van der Waals surface area contributed by atoms with Gasteiger partial charge in [-0.15, -0.1) is 5.10 Å². The van der Waals surface area contributed by atoms with Crippen LogP contribution in [0.15, 0.2) is 40.1 Å². The summed E-state index contributed by atoms with van der Waals surface area (Å²) in [7, 11) is 0. The monoisotopic (exact) mass is 402 g/mol. The van der Waals surface area contributed by atoms with Gasteiger partial charge < -0.3 is 0 Å². The molecular weight excluding hydrogens is 388 g/mol. The fourth-order valence-corrected chi connectivity index (χ4v) is 3.89. The Morgan fingerprint density at radius 3 is 2.83 bits per heavy atom. The number of aromatic nitrogens is 4. The topological polar surface area (TPSA) is 60.2 Å². The van der Waals surface area contributed by atoms with Crippen molar-refractivity contribution in [3.63, 3.8) is 0 Å². The van der Waals surface area contributed by atoms with E-state index >= 15 is 0 Å². The van der Waals surface area contributed by atoms with E-state index in [0.717, 1.165) is 22.3 Å².